The summed E-state index contributed by atoms with van der Waals surface area (Å²) in [6.45, 7) is 10.4. The number of aromatic amines is 1. The van der Waals surface area contributed by atoms with E-state index in [1.165, 1.54) is 12.1 Å². The fourth-order valence-electron chi connectivity index (χ4n) is 4.33. The number of aldehydes is 1. The predicted octanol–water partition coefficient (Wildman–Crippen LogP) is 3.97. The number of carbonyl (C=O) groups is 2. The van der Waals surface area contributed by atoms with Gasteiger partial charge in [-0.15, -0.1) is 0 Å². The third-order valence-corrected chi connectivity index (χ3v) is 6.29. The van der Waals surface area contributed by atoms with E-state index in [1.807, 2.05) is 11.8 Å². The number of likely N-dealkylation sites (N-methyl/N-ethyl adjacent to an activating group) is 1. The molecule has 7 heteroatoms. The third-order valence-electron chi connectivity index (χ3n) is 6.29. The molecular formula is C25H33FN4O2. The normalized spacial score (nSPS) is 14.5. The number of aryl methyl sites for hydroxylation is 1. The van der Waals surface area contributed by atoms with E-state index in [1.54, 1.807) is 19.2 Å². The lowest BCUT2D eigenvalue weighted by Crippen LogP contribution is -2.38. The summed E-state index contributed by atoms with van der Waals surface area (Å²) in [4.78, 5) is 32.9. The van der Waals surface area contributed by atoms with Crippen molar-refractivity contribution >= 4 is 29.5 Å². The minimum Gasteiger partial charge on any atom is -0.388 e. The first-order chi connectivity index (χ1) is 15.4. The van der Waals surface area contributed by atoms with Gasteiger partial charge in [0.2, 0.25) is 0 Å². The van der Waals surface area contributed by atoms with Crippen molar-refractivity contribution in [1.29, 1.82) is 0 Å². The summed E-state index contributed by atoms with van der Waals surface area (Å²) in [7, 11) is 1.73. The number of anilines is 1. The molecule has 0 radical (unpaired) electrons. The van der Waals surface area contributed by atoms with Crippen LogP contribution >= 0.6 is 0 Å². The molecule has 0 fully saturated rings. The summed E-state index contributed by atoms with van der Waals surface area (Å²) in [5.41, 5.74) is 4.63. The van der Waals surface area contributed by atoms with E-state index in [4.69, 9.17) is 0 Å². The second kappa shape index (κ2) is 10.6. The molecule has 0 aliphatic carbocycles. The van der Waals surface area contributed by atoms with Gasteiger partial charge in [0.15, 0.2) is 6.29 Å². The molecule has 1 aliphatic rings. The summed E-state index contributed by atoms with van der Waals surface area (Å²) < 4.78 is 13.9. The van der Waals surface area contributed by atoms with Crippen molar-refractivity contribution in [2.24, 2.45) is 0 Å². The number of amides is 1. The lowest BCUT2D eigenvalue weighted by Gasteiger charge is -2.25. The van der Waals surface area contributed by atoms with Gasteiger partial charge in [0.25, 0.3) is 5.91 Å². The lowest BCUT2D eigenvalue weighted by molar-refractivity contribution is -0.103. The highest BCUT2D eigenvalue weighted by Crippen LogP contribution is 2.29. The van der Waals surface area contributed by atoms with E-state index < -0.39 is 5.82 Å². The van der Waals surface area contributed by atoms with Crippen molar-refractivity contribution in [2.75, 3.05) is 45.1 Å². The highest BCUT2D eigenvalue weighted by atomic mass is 19.1. The Morgan fingerprint density at radius 1 is 1.31 bits per heavy atom. The molecule has 172 valence electrons. The zero-order valence-corrected chi connectivity index (χ0v) is 19.4. The molecule has 0 saturated carbocycles. The summed E-state index contributed by atoms with van der Waals surface area (Å²) in [5, 5.41) is 3.00. The maximum absolute atomic E-state index is 13.9. The molecule has 0 unspecified atom stereocenters. The zero-order valence-electron chi connectivity index (χ0n) is 19.4. The van der Waals surface area contributed by atoms with Crippen LogP contribution in [-0.4, -0.2) is 66.7 Å². The number of nitrogens with zero attached hydrogens (tertiary/aromatic N) is 2. The Hall–Kier alpha value is -2.93. The number of aromatic nitrogens is 1. The van der Waals surface area contributed by atoms with Gasteiger partial charge in [-0.3, -0.25) is 9.59 Å². The number of hydrogen-bond acceptors (Lipinski definition) is 4. The maximum atomic E-state index is 13.9. The minimum atomic E-state index is -0.412. The van der Waals surface area contributed by atoms with Crippen molar-refractivity contribution in [3.05, 3.63) is 52.1 Å². The molecule has 1 amide bonds. The standard InChI is InChI=1S/C25H33FN4O2/c1-5-29(6-2)12-13-30-11-7-8-22-24(25(30)32)17(3)23(28-22)14-18(16-31)20-15-19(26)9-10-21(20)27-4/h9-10,14-16,27-28H,5-8,11-13H2,1-4H3/b18-14+. The topological polar surface area (TPSA) is 68.4 Å². The Bertz CT molecular complexity index is 1010. The molecule has 1 aromatic heterocycles. The summed E-state index contributed by atoms with van der Waals surface area (Å²) in [6.07, 6.45) is 4.09. The molecule has 2 aromatic rings. The predicted molar refractivity (Wildman–Crippen MR) is 127 cm³/mol. The van der Waals surface area contributed by atoms with Gasteiger partial charge in [0.1, 0.15) is 5.82 Å². The number of nitrogens with one attached hydrogen (secondary N) is 2. The second-order valence-corrected chi connectivity index (χ2v) is 8.10. The molecule has 1 aliphatic heterocycles. The van der Waals surface area contributed by atoms with Gasteiger partial charge in [-0.05, 0) is 62.7 Å². The lowest BCUT2D eigenvalue weighted by atomic mass is 10.0. The van der Waals surface area contributed by atoms with Crippen molar-refractivity contribution in [2.45, 2.75) is 33.6 Å². The molecule has 0 spiro atoms. The van der Waals surface area contributed by atoms with Gasteiger partial charge >= 0.3 is 0 Å². The van der Waals surface area contributed by atoms with Crippen LogP contribution in [0.3, 0.4) is 0 Å². The average molecular weight is 441 g/mol. The fraction of sp³-hybridized carbons (Fsp3) is 0.440. The van der Waals surface area contributed by atoms with Crippen LogP contribution in [0.1, 0.15) is 53.1 Å². The van der Waals surface area contributed by atoms with Crippen molar-refractivity contribution in [3.8, 4) is 0 Å². The van der Waals surface area contributed by atoms with E-state index in [0.29, 0.717) is 34.6 Å². The van der Waals surface area contributed by atoms with Crippen LogP contribution in [0.4, 0.5) is 10.1 Å². The molecule has 2 N–H and O–H groups in total. The summed E-state index contributed by atoms with van der Waals surface area (Å²) in [5.74, 6) is -0.378. The number of fused-ring (bicyclic) bond motifs is 1. The molecule has 32 heavy (non-hydrogen) atoms. The van der Waals surface area contributed by atoms with Crippen LogP contribution in [0.5, 0.6) is 0 Å². The fourth-order valence-corrected chi connectivity index (χ4v) is 4.33. The van der Waals surface area contributed by atoms with Gasteiger partial charge in [0.05, 0.1) is 5.56 Å². The van der Waals surface area contributed by atoms with E-state index in [9.17, 15) is 14.0 Å². The molecule has 1 aromatic carbocycles. The van der Waals surface area contributed by atoms with Gasteiger partial charge in [-0.25, -0.2) is 4.39 Å². The van der Waals surface area contributed by atoms with Gasteiger partial charge in [-0.1, -0.05) is 13.8 Å². The smallest absolute Gasteiger partial charge is 0.256 e. The molecule has 0 bridgehead atoms. The molecule has 3 rings (SSSR count). The summed E-state index contributed by atoms with van der Waals surface area (Å²) >= 11 is 0. The first-order valence-electron chi connectivity index (χ1n) is 11.3. The molecule has 0 saturated heterocycles. The quantitative estimate of drug-likeness (QED) is 0.457. The van der Waals surface area contributed by atoms with Crippen LogP contribution < -0.4 is 5.32 Å². The van der Waals surface area contributed by atoms with E-state index >= 15 is 0 Å². The molecular weight excluding hydrogens is 407 g/mol. The maximum Gasteiger partial charge on any atom is 0.256 e. The number of benzene rings is 1. The van der Waals surface area contributed by atoms with Crippen molar-refractivity contribution < 1.29 is 14.0 Å². The van der Waals surface area contributed by atoms with Crippen LogP contribution in [0.25, 0.3) is 11.6 Å². The van der Waals surface area contributed by atoms with Crippen LogP contribution in [-0.2, 0) is 11.2 Å². The number of hydrogen-bond donors (Lipinski definition) is 2. The number of carbonyl (C=O) groups excluding carboxylic acids is 2. The van der Waals surface area contributed by atoms with E-state index in [-0.39, 0.29) is 5.91 Å². The van der Waals surface area contributed by atoms with Crippen molar-refractivity contribution in [3.63, 3.8) is 0 Å². The second-order valence-electron chi connectivity index (χ2n) is 8.10. The number of rotatable bonds is 9. The highest BCUT2D eigenvalue weighted by molar-refractivity contribution is 6.15. The van der Waals surface area contributed by atoms with Crippen LogP contribution in [0, 0.1) is 12.7 Å². The number of halogens is 1. The van der Waals surface area contributed by atoms with E-state index in [0.717, 1.165) is 56.6 Å². The largest absolute Gasteiger partial charge is 0.388 e. The first kappa shape index (κ1) is 23.7. The number of H-pyrrole nitrogens is 1. The molecule has 2 heterocycles. The molecule has 0 atom stereocenters. The van der Waals surface area contributed by atoms with Crippen molar-refractivity contribution in [1.82, 2.24) is 14.8 Å². The Labute approximate surface area is 189 Å². The van der Waals surface area contributed by atoms with E-state index in [2.05, 4.69) is 29.0 Å². The Balaban J connectivity index is 1.95. The zero-order chi connectivity index (χ0) is 23.3. The highest BCUT2D eigenvalue weighted by Gasteiger charge is 2.27. The van der Waals surface area contributed by atoms with Gasteiger partial charge in [-0.2, -0.15) is 0 Å². The third kappa shape index (κ3) is 4.93. The first-order valence-corrected chi connectivity index (χ1v) is 11.3. The van der Waals surface area contributed by atoms with Crippen LogP contribution in [0.15, 0.2) is 18.2 Å². The Morgan fingerprint density at radius 2 is 2.06 bits per heavy atom. The Kier molecular flexibility index (Phi) is 7.85. The monoisotopic (exact) mass is 440 g/mol. The van der Waals surface area contributed by atoms with Gasteiger partial charge < -0.3 is 20.1 Å². The number of allylic oxidation sites excluding steroid dienone is 1. The minimum absolute atomic E-state index is 0.0346. The average Bonchev–Trinajstić information content (AvgIpc) is 3.01. The van der Waals surface area contributed by atoms with Gasteiger partial charge in [0, 0.05) is 54.9 Å². The Morgan fingerprint density at radius 3 is 2.72 bits per heavy atom. The molecule has 6 nitrogen and oxygen atoms in total. The summed E-state index contributed by atoms with van der Waals surface area (Å²) in [6, 6.07) is 4.30. The van der Waals surface area contributed by atoms with Crippen LogP contribution in [0.2, 0.25) is 0 Å². The SMILES string of the molecule is CCN(CC)CCN1CCCc2[nH]c(/C=C(\C=O)c3cc(F)ccc3NC)c(C)c2C1=O.